The predicted molar refractivity (Wildman–Crippen MR) is 83.4 cm³/mol. The highest BCUT2D eigenvalue weighted by Crippen LogP contribution is 2.40. The minimum Gasteiger partial charge on any atom is -0.376 e. The number of hydrogen-bond donors (Lipinski definition) is 1. The molecule has 0 unspecified atom stereocenters. The maximum Gasteiger partial charge on any atom is 0.228 e. The molecule has 21 heavy (non-hydrogen) atoms. The molecule has 1 saturated carbocycles. The lowest BCUT2D eigenvalue weighted by Crippen LogP contribution is -2.14. The van der Waals surface area contributed by atoms with Gasteiger partial charge in [-0.2, -0.15) is 0 Å². The van der Waals surface area contributed by atoms with Crippen molar-refractivity contribution >= 4 is 22.4 Å². The van der Waals surface area contributed by atoms with E-state index in [2.05, 4.69) is 10.3 Å². The van der Waals surface area contributed by atoms with Crippen LogP contribution in [0.4, 0.5) is 5.13 Å². The summed E-state index contributed by atoms with van der Waals surface area (Å²) in [6, 6.07) is 9.95. The highest BCUT2D eigenvalue weighted by Gasteiger charge is 2.26. The molecule has 1 aromatic carbocycles. The molecule has 2 aromatic rings. The molecule has 0 saturated heterocycles. The number of benzene rings is 1. The van der Waals surface area contributed by atoms with Crippen LogP contribution in [-0.4, -0.2) is 17.5 Å². The Morgan fingerprint density at radius 3 is 2.90 bits per heavy atom. The number of ether oxygens (including phenoxy) is 1. The van der Waals surface area contributed by atoms with Gasteiger partial charge in [-0.15, -0.1) is 11.3 Å². The second-order valence-electron chi connectivity index (χ2n) is 5.19. The fraction of sp³-hybridized carbons (Fsp3) is 0.375. The number of rotatable bonds is 7. The maximum atomic E-state index is 11.8. The molecule has 1 fully saturated rings. The normalized spacial score (nSPS) is 14.1. The zero-order chi connectivity index (χ0) is 14.5. The predicted octanol–water partition coefficient (Wildman–Crippen LogP) is 3.57. The first-order valence-electron chi connectivity index (χ1n) is 7.18. The van der Waals surface area contributed by atoms with Crippen LogP contribution in [0.5, 0.6) is 0 Å². The minimum atomic E-state index is -0.0419. The third kappa shape index (κ3) is 4.37. The molecule has 1 heterocycles. The summed E-state index contributed by atoms with van der Waals surface area (Å²) in [6.07, 6.45) is 2.81. The number of aromatic nitrogens is 1. The van der Waals surface area contributed by atoms with Crippen molar-refractivity contribution in [2.45, 2.75) is 31.8 Å². The fourth-order valence-corrected chi connectivity index (χ4v) is 2.83. The van der Waals surface area contributed by atoms with Gasteiger partial charge in [-0.1, -0.05) is 30.3 Å². The fourth-order valence-electron chi connectivity index (χ4n) is 2.02. The standard InChI is InChI=1S/C16H18N2O2S/c19-15(8-9-20-10-12-4-2-1-3-5-12)18-16-17-14(11-21-16)13-6-7-13/h1-5,11,13H,6-10H2,(H,17,18,19). The van der Waals surface area contributed by atoms with Crippen LogP contribution in [0.1, 0.15) is 36.4 Å². The zero-order valence-electron chi connectivity index (χ0n) is 11.7. The van der Waals surface area contributed by atoms with Crippen molar-refractivity contribution in [3.63, 3.8) is 0 Å². The Bertz CT molecular complexity index is 593. The van der Waals surface area contributed by atoms with E-state index in [0.29, 0.717) is 30.7 Å². The van der Waals surface area contributed by atoms with E-state index < -0.39 is 0 Å². The van der Waals surface area contributed by atoms with Gasteiger partial charge in [-0.05, 0) is 18.4 Å². The summed E-state index contributed by atoms with van der Waals surface area (Å²) in [5.74, 6) is 0.584. The van der Waals surface area contributed by atoms with Crippen molar-refractivity contribution in [1.29, 1.82) is 0 Å². The third-order valence-electron chi connectivity index (χ3n) is 3.35. The molecule has 1 aromatic heterocycles. The molecular formula is C16H18N2O2S. The summed E-state index contributed by atoms with van der Waals surface area (Å²) in [4.78, 5) is 16.2. The number of carbonyl (C=O) groups excluding carboxylic acids is 1. The van der Waals surface area contributed by atoms with Gasteiger partial charge in [-0.25, -0.2) is 4.98 Å². The smallest absolute Gasteiger partial charge is 0.228 e. The van der Waals surface area contributed by atoms with Gasteiger partial charge in [0.05, 0.1) is 25.3 Å². The second-order valence-corrected chi connectivity index (χ2v) is 6.05. The number of nitrogens with one attached hydrogen (secondary N) is 1. The Balaban J connectivity index is 1.36. The molecule has 1 amide bonds. The van der Waals surface area contributed by atoms with Crippen LogP contribution in [-0.2, 0) is 16.1 Å². The Morgan fingerprint density at radius 2 is 2.14 bits per heavy atom. The lowest BCUT2D eigenvalue weighted by atomic mass is 10.2. The van der Waals surface area contributed by atoms with E-state index in [1.807, 2.05) is 35.7 Å². The van der Waals surface area contributed by atoms with Gasteiger partial charge in [0.2, 0.25) is 5.91 Å². The molecule has 110 valence electrons. The summed E-state index contributed by atoms with van der Waals surface area (Å²) >= 11 is 1.50. The van der Waals surface area contributed by atoms with Crippen molar-refractivity contribution in [1.82, 2.24) is 4.98 Å². The Hall–Kier alpha value is -1.72. The summed E-state index contributed by atoms with van der Waals surface area (Å²) in [7, 11) is 0. The third-order valence-corrected chi connectivity index (χ3v) is 4.12. The van der Waals surface area contributed by atoms with Gasteiger partial charge in [0.25, 0.3) is 0 Å². The van der Waals surface area contributed by atoms with Gasteiger partial charge in [0.15, 0.2) is 5.13 Å². The number of anilines is 1. The van der Waals surface area contributed by atoms with Crippen LogP contribution < -0.4 is 5.32 Å². The van der Waals surface area contributed by atoms with E-state index in [9.17, 15) is 4.79 Å². The summed E-state index contributed by atoms with van der Waals surface area (Å²) < 4.78 is 5.50. The van der Waals surface area contributed by atoms with E-state index in [1.54, 1.807) is 0 Å². The zero-order valence-corrected chi connectivity index (χ0v) is 12.6. The minimum absolute atomic E-state index is 0.0419. The number of thiazole rings is 1. The van der Waals surface area contributed by atoms with Crippen molar-refractivity contribution < 1.29 is 9.53 Å². The Morgan fingerprint density at radius 1 is 1.33 bits per heavy atom. The quantitative estimate of drug-likeness (QED) is 0.796. The Labute approximate surface area is 128 Å². The van der Waals surface area contributed by atoms with Crippen molar-refractivity contribution in [3.05, 3.63) is 47.0 Å². The highest BCUT2D eigenvalue weighted by atomic mass is 32.1. The van der Waals surface area contributed by atoms with Crippen molar-refractivity contribution in [3.8, 4) is 0 Å². The van der Waals surface area contributed by atoms with E-state index in [4.69, 9.17) is 4.74 Å². The molecule has 0 radical (unpaired) electrons. The summed E-state index contributed by atoms with van der Waals surface area (Å²) in [5.41, 5.74) is 2.24. The first-order valence-corrected chi connectivity index (χ1v) is 8.06. The number of amides is 1. The van der Waals surface area contributed by atoms with Gasteiger partial charge in [-0.3, -0.25) is 4.79 Å². The average molecular weight is 302 g/mol. The number of nitrogens with zero attached hydrogens (tertiary/aromatic N) is 1. The van der Waals surface area contributed by atoms with E-state index in [-0.39, 0.29) is 5.91 Å². The second kappa shape index (κ2) is 6.83. The van der Waals surface area contributed by atoms with Crippen LogP contribution in [0.3, 0.4) is 0 Å². The molecule has 5 heteroatoms. The molecule has 1 aliphatic rings. The van der Waals surface area contributed by atoms with Crippen molar-refractivity contribution in [2.75, 3.05) is 11.9 Å². The molecule has 3 rings (SSSR count). The van der Waals surface area contributed by atoms with Crippen LogP contribution in [0.2, 0.25) is 0 Å². The SMILES string of the molecule is O=C(CCOCc1ccccc1)Nc1nc(C2CC2)cs1. The van der Waals surface area contributed by atoms with E-state index in [0.717, 1.165) is 11.3 Å². The molecule has 0 bridgehead atoms. The van der Waals surface area contributed by atoms with Crippen LogP contribution in [0.15, 0.2) is 35.7 Å². The van der Waals surface area contributed by atoms with Gasteiger partial charge >= 0.3 is 0 Å². The largest absolute Gasteiger partial charge is 0.376 e. The van der Waals surface area contributed by atoms with Gasteiger partial charge in [0.1, 0.15) is 0 Å². The molecule has 0 atom stereocenters. The first-order chi connectivity index (χ1) is 10.3. The maximum absolute atomic E-state index is 11.8. The van der Waals surface area contributed by atoms with Crippen LogP contribution in [0.25, 0.3) is 0 Å². The molecule has 0 aliphatic heterocycles. The molecule has 0 spiro atoms. The lowest BCUT2D eigenvalue weighted by Gasteiger charge is -2.04. The van der Waals surface area contributed by atoms with E-state index >= 15 is 0 Å². The van der Waals surface area contributed by atoms with Crippen LogP contribution in [0, 0.1) is 0 Å². The number of hydrogen-bond acceptors (Lipinski definition) is 4. The first kappa shape index (κ1) is 14.2. The molecule has 1 N–H and O–H groups in total. The average Bonchev–Trinajstić information content (AvgIpc) is 3.25. The molecular weight excluding hydrogens is 284 g/mol. The molecule has 1 aliphatic carbocycles. The Kier molecular flexibility index (Phi) is 4.62. The van der Waals surface area contributed by atoms with Crippen LogP contribution >= 0.6 is 11.3 Å². The monoisotopic (exact) mass is 302 g/mol. The van der Waals surface area contributed by atoms with Gasteiger partial charge in [0, 0.05) is 11.3 Å². The number of carbonyl (C=O) groups is 1. The van der Waals surface area contributed by atoms with Crippen molar-refractivity contribution in [2.24, 2.45) is 0 Å². The highest BCUT2D eigenvalue weighted by molar-refractivity contribution is 7.13. The van der Waals surface area contributed by atoms with E-state index in [1.165, 1.54) is 24.2 Å². The summed E-state index contributed by atoms with van der Waals surface area (Å²) in [5, 5.41) is 5.57. The lowest BCUT2D eigenvalue weighted by molar-refractivity contribution is -0.117. The summed E-state index contributed by atoms with van der Waals surface area (Å²) in [6.45, 7) is 0.957. The van der Waals surface area contributed by atoms with Gasteiger partial charge < -0.3 is 10.1 Å². The topological polar surface area (TPSA) is 51.2 Å². The molecule has 4 nitrogen and oxygen atoms in total.